The Labute approximate surface area is 192 Å². The Morgan fingerprint density at radius 3 is 2.59 bits per heavy atom. The first-order valence-electron chi connectivity index (χ1n) is 10.8. The van der Waals surface area contributed by atoms with Gasteiger partial charge in [0.2, 0.25) is 0 Å². The van der Waals surface area contributed by atoms with Crippen LogP contribution in [0.4, 0.5) is 5.82 Å². The number of carbonyl (C=O) groups is 1. The van der Waals surface area contributed by atoms with Crippen LogP contribution in [0.3, 0.4) is 0 Å². The standard InChI is InChI=1S/C24H28N6OS/c1-15(2)27-21-20-14-26-30(22(20)29-24(28-21)32-16(3)4)13-12-25-23(31)19-11-7-9-17-8-5-6-10-18(17)19/h5-11,14-16H,12-13H2,1-4H3,(H,25,31)(H,27,28,29). The van der Waals surface area contributed by atoms with Crippen molar-refractivity contribution in [1.82, 2.24) is 25.1 Å². The summed E-state index contributed by atoms with van der Waals surface area (Å²) >= 11 is 1.62. The van der Waals surface area contributed by atoms with Crippen molar-refractivity contribution in [3.63, 3.8) is 0 Å². The van der Waals surface area contributed by atoms with E-state index < -0.39 is 0 Å². The van der Waals surface area contributed by atoms with Crippen molar-refractivity contribution in [3.8, 4) is 0 Å². The smallest absolute Gasteiger partial charge is 0.251 e. The number of hydrogen-bond acceptors (Lipinski definition) is 6. The van der Waals surface area contributed by atoms with E-state index in [-0.39, 0.29) is 11.9 Å². The van der Waals surface area contributed by atoms with Crippen LogP contribution in [-0.2, 0) is 6.54 Å². The molecule has 0 spiro atoms. The minimum Gasteiger partial charge on any atom is -0.367 e. The molecule has 1 amide bonds. The monoisotopic (exact) mass is 448 g/mol. The molecule has 2 heterocycles. The minimum absolute atomic E-state index is 0.0916. The van der Waals surface area contributed by atoms with Crippen molar-refractivity contribution >= 4 is 45.3 Å². The first kappa shape index (κ1) is 22.1. The van der Waals surface area contributed by atoms with Crippen molar-refractivity contribution < 1.29 is 4.79 Å². The molecule has 32 heavy (non-hydrogen) atoms. The molecule has 2 N–H and O–H groups in total. The second-order valence-electron chi connectivity index (χ2n) is 8.21. The summed E-state index contributed by atoms with van der Waals surface area (Å²) < 4.78 is 1.83. The van der Waals surface area contributed by atoms with Crippen LogP contribution in [0.1, 0.15) is 38.1 Å². The van der Waals surface area contributed by atoms with Crippen molar-refractivity contribution in [2.45, 2.75) is 50.7 Å². The molecule has 2 aromatic carbocycles. The molecule has 7 nitrogen and oxygen atoms in total. The van der Waals surface area contributed by atoms with E-state index in [1.54, 1.807) is 18.0 Å². The Hall–Kier alpha value is -3.13. The molecule has 2 aromatic heterocycles. The van der Waals surface area contributed by atoms with E-state index in [9.17, 15) is 4.79 Å². The maximum atomic E-state index is 12.8. The molecule has 4 rings (SSSR count). The summed E-state index contributed by atoms with van der Waals surface area (Å²) in [6.07, 6.45) is 1.79. The lowest BCUT2D eigenvalue weighted by atomic mass is 10.0. The van der Waals surface area contributed by atoms with Gasteiger partial charge in [-0.15, -0.1) is 0 Å². The molecule has 8 heteroatoms. The Balaban J connectivity index is 1.53. The lowest BCUT2D eigenvalue weighted by molar-refractivity contribution is 0.0953. The van der Waals surface area contributed by atoms with Gasteiger partial charge < -0.3 is 10.6 Å². The van der Waals surface area contributed by atoms with E-state index in [2.05, 4.69) is 48.4 Å². The molecule has 0 aliphatic carbocycles. The molecule has 0 unspecified atom stereocenters. The predicted molar refractivity (Wildman–Crippen MR) is 131 cm³/mol. The topological polar surface area (TPSA) is 84.7 Å². The number of carbonyl (C=O) groups excluding carboxylic acids is 1. The zero-order chi connectivity index (χ0) is 22.7. The van der Waals surface area contributed by atoms with Gasteiger partial charge in [0.15, 0.2) is 10.8 Å². The number of nitrogens with zero attached hydrogens (tertiary/aromatic N) is 4. The normalized spacial score (nSPS) is 11.6. The first-order valence-corrected chi connectivity index (χ1v) is 11.7. The van der Waals surface area contributed by atoms with Crippen molar-refractivity contribution in [2.24, 2.45) is 0 Å². The quantitative estimate of drug-likeness (QED) is 0.299. The van der Waals surface area contributed by atoms with E-state index in [1.807, 2.05) is 47.1 Å². The number of thioether (sulfide) groups is 1. The van der Waals surface area contributed by atoms with Crippen LogP contribution in [0.15, 0.2) is 53.8 Å². The van der Waals surface area contributed by atoms with Gasteiger partial charge in [-0.25, -0.2) is 14.6 Å². The average Bonchev–Trinajstić information content (AvgIpc) is 3.15. The zero-order valence-electron chi connectivity index (χ0n) is 18.8. The van der Waals surface area contributed by atoms with Gasteiger partial charge in [-0.2, -0.15) is 5.10 Å². The number of anilines is 1. The van der Waals surface area contributed by atoms with E-state index >= 15 is 0 Å². The van der Waals surface area contributed by atoms with Gasteiger partial charge in [-0.1, -0.05) is 62.0 Å². The fraction of sp³-hybridized carbons (Fsp3) is 0.333. The maximum Gasteiger partial charge on any atom is 0.251 e. The Morgan fingerprint density at radius 1 is 1.03 bits per heavy atom. The lowest BCUT2D eigenvalue weighted by Crippen LogP contribution is -2.27. The number of fused-ring (bicyclic) bond motifs is 2. The third kappa shape index (κ3) is 4.85. The van der Waals surface area contributed by atoms with Gasteiger partial charge in [0.1, 0.15) is 5.82 Å². The molecule has 0 aliphatic rings. The van der Waals surface area contributed by atoms with Crippen molar-refractivity contribution in [1.29, 1.82) is 0 Å². The van der Waals surface area contributed by atoms with Crippen LogP contribution in [0.5, 0.6) is 0 Å². The summed E-state index contributed by atoms with van der Waals surface area (Å²) in [7, 11) is 0. The zero-order valence-corrected chi connectivity index (χ0v) is 19.6. The summed E-state index contributed by atoms with van der Waals surface area (Å²) in [5, 5.41) is 14.9. The van der Waals surface area contributed by atoms with Crippen LogP contribution in [0, 0.1) is 0 Å². The maximum absolute atomic E-state index is 12.8. The van der Waals surface area contributed by atoms with E-state index in [1.165, 1.54) is 0 Å². The molecule has 0 atom stereocenters. The average molecular weight is 449 g/mol. The van der Waals surface area contributed by atoms with Crippen LogP contribution in [-0.4, -0.2) is 43.5 Å². The summed E-state index contributed by atoms with van der Waals surface area (Å²) in [5.74, 6) is 0.699. The van der Waals surface area contributed by atoms with Gasteiger partial charge in [0, 0.05) is 23.4 Å². The summed E-state index contributed by atoms with van der Waals surface area (Å²) in [6.45, 7) is 9.36. The van der Waals surface area contributed by atoms with E-state index in [4.69, 9.17) is 4.98 Å². The van der Waals surface area contributed by atoms with E-state index in [0.29, 0.717) is 23.9 Å². The fourth-order valence-electron chi connectivity index (χ4n) is 3.54. The van der Waals surface area contributed by atoms with Crippen LogP contribution < -0.4 is 10.6 Å². The first-order chi connectivity index (χ1) is 15.4. The van der Waals surface area contributed by atoms with E-state index in [0.717, 1.165) is 32.8 Å². The molecule has 0 radical (unpaired) electrons. The Bertz CT molecular complexity index is 1240. The summed E-state index contributed by atoms with van der Waals surface area (Å²) in [5.41, 5.74) is 1.44. The minimum atomic E-state index is -0.0916. The highest BCUT2D eigenvalue weighted by molar-refractivity contribution is 7.99. The van der Waals surface area contributed by atoms with Gasteiger partial charge in [0.25, 0.3) is 5.91 Å². The molecule has 0 aliphatic heterocycles. The second kappa shape index (κ2) is 9.56. The number of rotatable bonds is 8. The van der Waals surface area contributed by atoms with Crippen molar-refractivity contribution in [3.05, 3.63) is 54.2 Å². The third-order valence-corrected chi connectivity index (χ3v) is 5.75. The Morgan fingerprint density at radius 2 is 1.81 bits per heavy atom. The molecule has 166 valence electrons. The fourth-order valence-corrected chi connectivity index (χ4v) is 4.24. The van der Waals surface area contributed by atoms with Crippen LogP contribution in [0.2, 0.25) is 0 Å². The predicted octanol–water partition coefficient (Wildman–Crippen LogP) is 4.73. The van der Waals surface area contributed by atoms with Gasteiger partial charge >= 0.3 is 0 Å². The van der Waals surface area contributed by atoms with Gasteiger partial charge in [-0.05, 0) is 30.7 Å². The van der Waals surface area contributed by atoms with Gasteiger partial charge in [0.05, 0.1) is 18.1 Å². The lowest BCUT2D eigenvalue weighted by Gasteiger charge is -2.13. The number of nitrogens with one attached hydrogen (secondary N) is 2. The number of aromatic nitrogens is 4. The number of amides is 1. The SMILES string of the molecule is CC(C)Nc1nc(SC(C)C)nc2c1cnn2CCNC(=O)c1cccc2ccccc12. The molecule has 4 aromatic rings. The largest absolute Gasteiger partial charge is 0.367 e. The van der Waals surface area contributed by atoms with Gasteiger partial charge in [-0.3, -0.25) is 4.79 Å². The molecular weight excluding hydrogens is 420 g/mol. The highest BCUT2D eigenvalue weighted by atomic mass is 32.2. The van der Waals surface area contributed by atoms with Crippen LogP contribution in [0.25, 0.3) is 21.8 Å². The highest BCUT2D eigenvalue weighted by Crippen LogP contribution is 2.27. The molecule has 0 saturated heterocycles. The molecule has 0 fully saturated rings. The molecular formula is C24H28N6OS. The third-order valence-electron chi connectivity index (χ3n) is 4.89. The molecule has 0 bridgehead atoms. The second-order valence-corrected chi connectivity index (χ2v) is 9.75. The number of hydrogen-bond donors (Lipinski definition) is 2. The van der Waals surface area contributed by atoms with Crippen LogP contribution >= 0.6 is 11.8 Å². The highest BCUT2D eigenvalue weighted by Gasteiger charge is 2.15. The Kier molecular flexibility index (Phi) is 6.60. The molecule has 0 saturated carbocycles. The summed E-state index contributed by atoms with van der Waals surface area (Å²) in [4.78, 5) is 22.3. The summed E-state index contributed by atoms with van der Waals surface area (Å²) in [6, 6.07) is 13.9. The number of benzene rings is 2. The van der Waals surface area contributed by atoms with Crippen molar-refractivity contribution in [2.75, 3.05) is 11.9 Å².